The highest BCUT2D eigenvalue weighted by Crippen LogP contribution is 2.41. The van der Waals surface area contributed by atoms with Gasteiger partial charge in [0, 0.05) is 18.1 Å². The number of benzene rings is 1. The van der Waals surface area contributed by atoms with Crippen molar-refractivity contribution in [3.8, 4) is 0 Å². The van der Waals surface area contributed by atoms with Crippen molar-refractivity contribution in [2.24, 2.45) is 11.8 Å². The van der Waals surface area contributed by atoms with E-state index in [4.69, 9.17) is 20.8 Å². The second-order valence-electron chi connectivity index (χ2n) is 9.12. The predicted octanol–water partition coefficient (Wildman–Crippen LogP) is 4.86. The fraction of sp³-hybridized carbons (Fsp3) is 0.619. The van der Waals surface area contributed by atoms with Crippen molar-refractivity contribution in [3.63, 3.8) is 0 Å². The minimum atomic E-state index is -1.95. The van der Waals surface area contributed by atoms with Crippen LogP contribution in [-0.4, -0.2) is 33.9 Å². The standard InChI is InChI=1S/C21H31ClFNO4Si/c1-21(2,3)29(5,6)28-10-9-13-11-17(25)24-19(18(13)20(26)27-4)15-12-14(23)7-8-16(15)22/h7-8,12-13,18-19H,9-11H2,1-6H3,(H,24,25). The van der Waals surface area contributed by atoms with Gasteiger partial charge in [0.15, 0.2) is 8.32 Å². The van der Waals surface area contributed by atoms with Crippen molar-refractivity contribution in [1.82, 2.24) is 5.32 Å². The average molecular weight is 444 g/mol. The second kappa shape index (κ2) is 9.14. The Morgan fingerprint density at radius 1 is 1.34 bits per heavy atom. The lowest BCUT2D eigenvalue weighted by atomic mass is 9.76. The Hall–Kier alpha value is -1.44. The Morgan fingerprint density at radius 2 is 2.00 bits per heavy atom. The number of methoxy groups -OCH3 is 1. The molecule has 1 N–H and O–H groups in total. The number of halogens is 2. The average Bonchev–Trinajstić information content (AvgIpc) is 2.61. The third kappa shape index (κ3) is 5.58. The third-order valence-corrected chi connectivity index (χ3v) is 11.0. The van der Waals surface area contributed by atoms with Crippen LogP contribution in [0, 0.1) is 17.7 Å². The largest absolute Gasteiger partial charge is 0.469 e. The van der Waals surface area contributed by atoms with Crippen LogP contribution < -0.4 is 5.32 Å². The molecule has 1 aromatic rings. The summed E-state index contributed by atoms with van der Waals surface area (Å²) < 4.78 is 25.1. The van der Waals surface area contributed by atoms with E-state index < -0.39 is 32.1 Å². The zero-order valence-corrected chi connectivity index (χ0v) is 19.7. The zero-order chi connectivity index (χ0) is 22.0. The molecule has 0 bridgehead atoms. The van der Waals surface area contributed by atoms with Crippen molar-refractivity contribution in [3.05, 3.63) is 34.6 Å². The minimum Gasteiger partial charge on any atom is -0.469 e. The van der Waals surface area contributed by atoms with Gasteiger partial charge in [0.25, 0.3) is 0 Å². The van der Waals surface area contributed by atoms with Gasteiger partial charge < -0.3 is 14.5 Å². The molecule has 0 radical (unpaired) electrons. The molecule has 5 nitrogen and oxygen atoms in total. The van der Waals surface area contributed by atoms with Gasteiger partial charge in [-0.3, -0.25) is 9.59 Å². The molecule has 1 aromatic carbocycles. The van der Waals surface area contributed by atoms with Gasteiger partial charge in [-0.05, 0) is 54.2 Å². The number of esters is 1. The zero-order valence-electron chi connectivity index (χ0n) is 18.0. The first-order chi connectivity index (χ1) is 13.4. The Bertz CT molecular complexity index is 766. The van der Waals surface area contributed by atoms with E-state index in [2.05, 4.69) is 39.2 Å². The number of hydrogen-bond acceptors (Lipinski definition) is 4. The van der Waals surface area contributed by atoms with E-state index in [0.717, 1.165) is 0 Å². The van der Waals surface area contributed by atoms with Gasteiger partial charge in [0.2, 0.25) is 5.91 Å². The number of ether oxygens (including phenoxy) is 1. The van der Waals surface area contributed by atoms with Gasteiger partial charge >= 0.3 is 5.97 Å². The molecule has 162 valence electrons. The highest BCUT2D eigenvalue weighted by atomic mass is 35.5. The normalized spacial score (nSPS) is 22.9. The molecular formula is C21H31ClFNO4Si. The Balaban J connectivity index is 2.27. The summed E-state index contributed by atoms with van der Waals surface area (Å²) in [5.74, 6) is -2.09. The SMILES string of the molecule is COC(=O)C1C(CCO[Si](C)(C)C(C)(C)C)CC(=O)NC1c1cc(F)ccc1Cl. The van der Waals surface area contributed by atoms with Crippen LogP contribution in [0.5, 0.6) is 0 Å². The van der Waals surface area contributed by atoms with E-state index in [9.17, 15) is 14.0 Å². The van der Waals surface area contributed by atoms with Crippen LogP contribution in [0.4, 0.5) is 4.39 Å². The number of piperidine rings is 1. The summed E-state index contributed by atoms with van der Waals surface area (Å²) in [6.07, 6.45) is 0.715. The molecule has 0 saturated carbocycles. The fourth-order valence-corrected chi connectivity index (χ4v) is 4.71. The van der Waals surface area contributed by atoms with Crippen molar-refractivity contribution in [2.45, 2.75) is 57.8 Å². The van der Waals surface area contributed by atoms with Crippen LogP contribution in [-0.2, 0) is 18.8 Å². The highest BCUT2D eigenvalue weighted by molar-refractivity contribution is 6.74. The van der Waals surface area contributed by atoms with Crippen molar-refractivity contribution >= 4 is 31.8 Å². The van der Waals surface area contributed by atoms with E-state index in [0.29, 0.717) is 23.6 Å². The first kappa shape index (κ1) is 23.8. The summed E-state index contributed by atoms with van der Waals surface area (Å²) >= 11 is 6.26. The van der Waals surface area contributed by atoms with Crippen LogP contribution in [0.15, 0.2) is 18.2 Å². The molecule has 0 aliphatic carbocycles. The van der Waals surface area contributed by atoms with Gasteiger partial charge in [-0.2, -0.15) is 0 Å². The Labute approximate surface area is 178 Å². The molecule has 8 heteroatoms. The molecule has 3 atom stereocenters. The Kier molecular flexibility index (Phi) is 7.51. The monoisotopic (exact) mass is 443 g/mol. The number of hydrogen-bond donors (Lipinski definition) is 1. The van der Waals surface area contributed by atoms with E-state index in [1.807, 2.05) is 0 Å². The van der Waals surface area contributed by atoms with Crippen molar-refractivity contribution in [2.75, 3.05) is 13.7 Å². The van der Waals surface area contributed by atoms with Crippen molar-refractivity contribution in [1.29, 1.82) is 0 Å². The Morgan fingerprint density at radius 3 is 2.59 bits per heavy atom. The molecule has 0 aromatic heterocycles. The molecule has 1 saturated heterocycles. The smallest absolute Gasteiger partial charge is 0.311 e. The third-order valence-electron chi connectivity index (χ3n) is 6.16. The molecule has 1 aliphatic rings. The van der Waals surface area contributed by atoms with Crippen LogP contribution in [0.25, 0.3) is 0 Å². The lowest BCUT2D eigenvalue weighted by Gasteiger charge is -2.39. The molecule has 3 unspecified atom stereocenters. The van der Waals surface area contributed by atoms with Gasteiger partial charge in [0.05, 0.1) is 19.1 Å². The van der Waals surface area contributed by atoms with Crippen molar-refractivity contribution < 1.29 is 23.1 Å². The molecular weight excluding hydrogens is 413 g/mol. The maximum absolute atomic E-state index is 13.8. The van der Waals surface area contributed by atoms with Crippen LogP contribution >= 0.6 is 11.6 Å². The summed E-state index contributed by atoms with van der Waals surface area (Å²) in [5.41, 5.74) is 0.380. The summed E-state index contributed by atoms with van der Waals surface area (Å²) in [7, 11) is -0.637. The molecule has 2 rings (SSSR count). The molecule has 1 aliphatic heterocycles. The summed E-state index contributed by atoms with van der Waals surface area (Å²) in [6, 6.07) is 3.19. The molecule has 0 spiro atoms. The summed E-state index contributed by atoms with van der Waals surface area (Å²) in [4.78, 5) is 25.0. The lowest BCUT2D eigenvalue weighted by molar-refractivity contribution is -0.152. The first-order valence-corrected chi connectivity index (χ1v) is 13.1. The number of carbonyl (C=O) groups excluding carboxylic acids is 2. The molecule has 1 fully saturated rings. The fourth-order valence-electron chi connectivity index (χ4n) is 3.41. The predicted molar refractivity (Wildman–Crippen MR) is 114 cm³/mol. The summed E-state index contributed by atoms with van der Waals surface area (Å²) in [6.45, 7) is 11.2. The van der Waals surface area contributed by atoms with Gasteiger partial charge in [0.1, 0.15) is 5.82 Å². The highest BCUT2D eigenvalue weighted by Gasteiger charge is 2.44. The van der Waals surface area contributed by atoms with Gasteiger partial charge in [-0.15, -0.1) is 0 Å². The second-order valence-corrected chi connectivity index (χ2v) is 14.3. The maximum Gasteiger partial charge on any atom is 0.311 e. The van der Waals surface area contributed by atoms with E-state index >= 15 is 0 Å². The molecule has 1 heterocycles. The molecule has 29 heavy (non-hydrogen) atoms. The quantitative estimate of drug-likeness (QED) is 0.503. The van der Waals surface area contributed by atoms with E-state index in [-0.39, 0.29) is 23.3 Å². The van der Waals surface area contributed by atoms with E-state index in [1.165, 1.54) is 25.3 Å². The number of nitrogens with one attached hydrogen (secondary N) is 1. The van der Waals surface area contributed by atoms with Crippen LogP contribution in [0.2, 0.25) is 23.2 Å². The van der Waals surface area contributed by atoms with Gasteiger partial charge in [-0.1, -0.05) is 32.4 Å². The number of amides is 1. The topological polar surface area (TPSA) is 64.6 Å². The summed E-state index contributed by atoms with van der Waals surface area (Å²) in [5, 5.41) is 3.16. The van der Waals surface area contributed by atoms with E-state index in [1.54, 1.807) is 0 Å². The number of carbonyl (C=O) groups is 2. The molecule has 1 amide bonds. The number of rotatable bonds is 6. The van der Waals surface area contributed by atoms with Crippen LogP contribution in [0.1, 0.15) is 45.2 Å². The van der Waals surface area contributed by atoms with Gasteiger partial charge in [-0.25, -0.2) is 4.39 Å². The maximum atomic E-state index is 13.8. The first-order valence-electron chi connectivity index (χ1n) is 9.83. The van der Waals surface area contributed by atoms with Crippen LogP contribution in [0.3, 0.4) is 0 Å². The lowest BCUT2D eigenvalue weighted by Crippen LogP contribution is -2.48. The minimum absolute atomic E-state index is 0.0658.